The zero-order valence-electron chi connectivity index (χ0n) is 14.4. The summed E-state index contributed by atoms with van der Waals surface area (Å²) in [6.45, 7) is 1.90. The van der Waals surface area contributed by atoms with Crippen LogP contribution < -0.4 is 0 Å². The largest absolute Gasteiger partial charge is 0.460 e. The fourth-order valence-electron chi connectivity index (χ4n) is 3.22. The van der Waals surface area contributed by atoms with Crippen LogP contribution in [0.1, 0.15) is 30.4 Å². The van der Waals surface area contributed by atoms with Gasteiger partial charge in [-0.05, 0) is 24.1 Å². The van der Waals surface area contributed by atoms with Crippen molar-refractivity contribution in [2.24, 2.45) is 7.05 Å². The number of hydrogen-bond acceptors (Lipinski definition) is 3. The van der Waals surface area contributed by atoms with Gasteiger partial charge in [0.15, 0.2) is 0 Å². The van der Waals surface area contributed by atoms with Gasteiger partial charge in [0.25, 0.3) is 0 Å². The van der Waals surface area contributed by atoms with Crippen LogP contribution in [0, 0.1) is 0 Å². The summed E-state index contributed by atoms with van der Waals surface area (Å²) in [5.41, 5.74) is 3.15. The van der Waals surface area contributed by atoms with E-state index in [-0.39, 0.29) is 18.9 Å². The van der Waals surface area contributed by atoms with Gasteiger partial charge in [-0.3, -0.25) is 4.79 Å². The molecule has 1 heterocycles. The fraction of sp³-hybridized carbons (Fsp3) is 0.238. The average Bonchev–Trinajstić information content (AvgIpc) is 2.97. The van der Waals surface area contributed by atoms with E-state index in [1.165, 1.54) is 0 Å². The van der Waals surface area contributed by atoms with Gasteiger partial charge < -0.3 is 9.30 Å². The molecule has 3 aromatic rings. The maximum Gasteiger partial charge on any atom is 0.374 e. The maximum atomic E-state index is 12.4. The first-order chi connectivity index (χ1) is 12.1. The second kappa shape index (κ2) is 7.34. The molecule has 0 spiro atoms. The van der Waals surface area contributed by atoms with E-state index in [2.05, 4.69) is 10.6 Å². The Bertz CT molecular complexity index is 896. The number of hydrogen-bond donors (Lipinski definition) is 0. The third-order valence-corrected chi connectivity index (χ3v) is 4.40. The van der Waals surface area contributed by atoms with Gasteiger partial charge in [-0.1, -0.05) is 48.5 Å². The Labute approximate surface area is 147 Å². The molecule has 0 bridgehead atoms. The highest BCUT2D eigenvalue weighted by Crippen LogP contribution is 2.34. The summed E-state index contributed by atoms with van der Waals surface area (Å²) in [6, 6.07) is 17.9. The molecule has 0 aliphatic carbocycles. The minimum Gasteiger partial charge on any atom is -0.460 e. The number of aryl methyl sites for hydroxylation is 1. The normalized spacial score (nSPS) is 12.1. The second-order valence-electron chi connectivity index (χ2n) is 6.02. The standard InChI is InChI=1S/C21H21NO3/c1-3-25-21(24)20(23)13-17(15-9-5-4-6-10-15)18-14-22(2)19-12-8-7-11-16(18)19/h4-12,14,17H,3,13H2,1-2H3/t17-/m0/s1. The molecular weight excluding hydrogens is 314 g/mol. The van der Waals surface area contributed by atoms with Gasteiger partial charge in [0.1, 0.15) is 0 Å². The molecule has 1 atom stereocenters. The third-order valence-electron chi connectivity index (χ3n) is 4.40. The Hall–Kier alpha value is -2.88. The predicted molar refractivity (Wildman–Crippen MR) is 97.5 cm³/mol. The van der Waals surface area contributed by atoms with Crippen LogP contribution >= 0.6 is 0 Å². The van der Waals surface area contributed by atoms with Gasteiger partial charge in [0.2, 0.25) is 5.78 Å². The zero-order chi connectivity index (χ0) is 17.8. The Morgan fingerprint density at radius 1 is 1.04 bits per heavy atom. The first-order valence-corrected chi connectivity index (χ1v) is 8.40. The Kier molecular flexibility index (Phi) is 4.98. The molecule has 0 saturated heterocycles. The molecule has 0 radical (unpaired) electrons. The van der Waals surface area contributed by atoms with E-state index in [1.54, 1.807) is 6.92 Å². The highest BCUT2D eigenvalue weighted by atomic mass is 16.5. The van der Waals surface area contributed by atoms with E-state index in [9.17, 15) is 9.59 Å². The molecule has 0 aliphatic heterocycles. The van der Waals surface area contributed by atoms with E-state index >= 15 is 0 Å². The molecule has 128 valence electrons. The van der Waals surface area contributed by atoms with E-state index in [1.807, 2.05) is 61.8 Å². The Morgan fingerprint density at radius 2 is 1.72 bits per heavy atom. The summed E-state index contributed by atoms with van der Waals surface area (Å²) < 4.78 is 6.93. The molecule has 2 aromatic carbocycles. The minimum absolute atomic E-state index is 0.0941. The number of aromatic nitrogens is 1. The molecular formula is C21H21NO3. The number of Topliss-reactive ketones (excluding diaryl/α,β-unsaturated/α-hetero) is 1. The number of ketones is 1. The van der Waals surface area contributed by atoms with Crippen molar-refractivity contribution >= 4 is 22.7 Å². The SMILES string of the molecule is CCOC(=O)C(=O)C[C@@H](c1ccccc1)c1cn(C)c2ccccc12. The van der Waals surface area contributed by atoms with Crippen LogP contribution in [0.15, 0.2) is 60.8 Å². The smallest absolute Gasteiger partial charge is 0.374 e. The first-order valence-electron chi connectivity index (χ1n) is 8.40. The number of benzene rings is 2. The highest BCUT2D eigenvalue weighted by Gasteiger charge is 2.25. The molecule has 1 aromatic heterocycles. The van der Waals surface area contributed by atoms with Crippen molar-refractivity contribution < 1.29 is 14.3 Å². The van der Waals surface area contributed by atoms with Gasteiger partial charge in [-0.15, -0.1) is 0 Å². The molecule has 0 N–H and O–H groups in total. The number of ether oxygens (including phenoxy) is 1. The van der Waals surface area contributed by atoms with Crippen molar-refractivity contribution in [2.75, 3.05) is 6.61 Å². The number of rotatable bonds is 6. The summed E-state index contributed by atoms with van der Waals surface area (Å²) in [5.74, 6) is -1.45. The molecule has 4 heteroatoms. The summed E-state index contributed by atoms with van der Waals surface area (Å²) >= 11 is 0. The summed E-state index contributed by atoms with van der Waals surface area (Å²) in [6.07, 6.45) is 2.14. The van der Waals surface area contributed by atoms with Crippen LogP contribution in [0.4, 0.5) is 0 Å². The van der Waals surface area contributed by atoms with E-state index < -0.39 is 11.8 Å². The summed E-state index contributed by atoms with van der Waals surface area (Å²) in [4.78, 5) is 24.2. The molecule has 0 amide bonds. The van der Waals surface area contributed by atoms with Crippen molar-refractivity contribution in [2.45, 2.75) is 19.3 Å². The van der Waals surface area contributed by atoms with E-state index in [4.69, 9.17) is 4.74 Å². The van der Waals surface area contributed by atoms with E-state index in [0.717, 1.165) is 22.0 Å². The number of carbonyl (C=O) groups excluding carboxylic acids is 2. The van der Waals surface area contributed by atoms with Gasteiger partial charge in [-0.25, -0.2) is 4.79 Å². The maximum absolute atomic E-state index is 12.4. The van der Waals surface area contributed by atoms with Crippen LogP contribution in [0.25, 0.3) is 10.9 Å². The van der Waals surface area contributed by atoms with Crippen molar-refractivity contribution in [1.29, 1.82) is 0 Å². The van der Waals surface area contributed by atoms with Gasteiger partial charge in [0.05, 0.1) is 6.61 Å². The Balaban J connectivity index is 2.05. The lowest BCUT2D eigenvalue weighted by Gasteiger charge is -2.16. The quantitative estimate of drug-likeness (QED) is 0.508. The summed E-state index contributed by atoms with van der Waals surface area (Å²) in [5, 5.41) is 1.09. The van der Waals surface area contributed by atoms with Crippen molar-refractivity contribution in [3.63, 3.8) is 0 Å². The van der Waals surface area contributed by atoms with Crippen molar-refractivity contribution in [3.05, 3.63) is 71.9 Å². The zero-order valence-corrected chi connectivity index (χ0v) is 14.4. The molecule has 3 rings (SSSR count). The predicted octanol–water partition coefficient (Wildman–Crippen LogP) is 3.83. The monoisotopic (exact) mass is 335 g/mol. The van der Waals surface area contributed by atoms with Gasteiger partial charge in [0, 0.05) is 36.5 Å². The lowest BCUT2D eigenvalue weighted by Crippen LogP contribution is -2.20. The molecule has 0 aliphatic rings. The number of fused-ring (bicyclic) bond motifs is 1. The fourth-order valence-corrected chi connectivity index (χ4v) is 3.22. The lowest BCUT2D eigenvalue weighted by atomic mass is 9.87. The lowest BCUT2D eigenvalue weighted by molar-refractivity contribution is -0.153. The molecule has 4 nitrogen and oxygen atoms in total. The second-order valence-corrected chi connectivity index (χ2v) is 6.02. The molecule has 25 heavy (non-hydrogen) atoms. The van der Waals surface area contributed by atoms with Crippen LogP contribution in [-0.2, 0) is 21.4 Å². The van der Waals surface area contributed by atoms with E-state index in [0.29, 0.717) is 0 Å². The van der Waals surface area contributed by atoms with Crippen LogP contribution in [-0.4, -0.2) is 22.9 Å². The molecule has 0 unspecified atom stereocenters. The Morgan fingerprint density at radius 3 is 2.44 bits per heavy atom. The van der Waals surface area contributed by atoms with Crippen LogP contribution in [0.5, 0.6) is 0 Å². The summed E-state index contributed by atoms with van der Waals surface area (Å²) in [7, 11) is 1.99. The minimum atomic E-state index is -0.760. The number of nitrogens with zero attached hydrogens (tertiary/aromatic N) is 1. The van der Waals surface area contributed by atoms with Crippen LogP contribution in [0.2, 0.25) is 0 Å². The molecule has 0 saturated carbocycles. The highest BCUT2D eigenvalue weighted by molar-refractivity contribution is 6.33. The third kappa shape index (κ3) is 3.48. The van der Waals surface area contributed by atoms with Crippen molar-refractivity contribution in [1.82, 2.24) is 4.57 Å². The average molecular weight is 335 g/mol. The van der Waals surface area contributed by atoms with Gasteiger partial charge >= 0.3 is 5.97 Å². The number of esters is 1. The number of para-hydroxylation sites is 1. The molecule has 0 fully saturated rings. The van der Waals surface area contributed by atoms with Crippen molar-refractivity contribution in [3.8, 4) is 0 Å². The number of carbonyl (C=O) groups is 2. The van der Waals surface area contributed by atoms with Gasteiger partial charge in [-0.2, -0.15) is 0 Å². The topological polar surface area (TPSA) is 48.3 Å². The first kappa shape index (κ1) is 17.0. The van der Waals surface area contributed by atoms with Crippen LogP contribution in [0.3, 0.4) is 0 Å².